The van der Waals surface area contributed by atoms with E-state index in [2.05, 4.69) is 26.2 Å². The van der Waals surface area contributed by atoms with E-state index in [9.17, 15) is 9.90 Å². The first-order valence-corrected chi connectivity index (χ1v) is 8.43. The third kappa shape index (κ3) is 3.10. The summed E-state index contributed by atoms with van der Waals surface area (Å²) in [5.41, 5.74) is 1.64. The molecule has 1 N–H and O–H groups in total. The van der Waals surface area contributed by atoms with E-state index in [4.69, 9.17) is 0 Å². The molecule has 1 heterocycles. The Morgan fingerprint density at radius 2 is 1.88 bits per heavy atom. The number of fused-ring (bicyclic) bond motifs is 1. The fourth-order valence-electron chi connectivity index (χ4n) is 2.57. The van der Waals surface area contributed by atoms with Gasteiger partial charge >= 0.3 is 0 Å². The number of aromatic hydroxyl groups is 1. The predicted octanol–water partition coefficient (Wildman–Crippen LogP) is 5.44. The molecule has 0 saturated heterocycles. The number of amides is 1. The van der Waals surface area contributed by atoms with Crippen LogP contribution in [0.15, 0.2) is 63.2 Å². The van der Waals surface area contributed by atoms with E-state index in [0.717, 1.165) is 21.8 Å². The number of carbonyl (C=O) groups is 1. The van der Waals surface area contributed by atoms with Gasteiger partial charge in [-0.15, -0.1) is 10.2 Å². The average Bonchev–Trinajstić information content (AvgIpc) is 2.86. The molecule has 0 unspecified atom stereocenters. The molecule has 1 aromatic heterocycles. The lowest BCUT2D eigenvalue weighted by Crippen LogP contribution is -1.94. The lowest BCUT2D eigenvalue weighted by Gasteiger charge is -2.03. The first kappa shape index (κ1) is 16.4. The van der Waals surface area contributed by atoms with Gasteiger partial charge < -0.3 is 9.67 Å². The summed E-state index contributed by atoms with van der Waals surface area (Å²) in [5.74, 6) is -0.417. The zero-order valence-electron chi connectivity index (χ0n) is 13.1. The standard InChI is InChI=1S/C18H16BrN3O2/c1-2-11-22-15-6-4-3-5-14(15)16(18(22)24)20-21-17(23)12-7-9-13(19)10-8-12/h3-10,24H,2,11H2,1H3. The number of rotatable bonds is 4. The molecule has 5 nitrogen and oxygen atoms in total. The van der Waals surface area contributed by atoms with Crippen LogP contribution in [0.3, 0.4) is 0 Å². The molecular formula is C18H16BrN3O2. The summed E-state index contributed by atoms with van der Waals surface area (Å²) in [6.07, 6.45) is 0.876. The monoisotopic (exact) mass is 385 g/mol. The summed E-state index contributed by atoms with van der Waals surface area (Å²) in [4.78, 5) is 12.1. The summed E-state index contributed by atoms with van der Waals surface area (Å²) in [6, 6.07) is 14.4. The van der Waals surface area contributed by atoms with Gasteiger partial charge in [-0.3, -0.25) is 4.79 Å². The Labute approximate surface area is 147 Å². The molecule has 0 radical (unpaired) electrons. The molecule has 0 fully saturated rings. The number of aryl methyl sites for hydroxylation is 1. The molecule has 122 valence electrons. The Balaban J connectivity index is 1.99. The normalized spacial score (nSPS) is 11.4. The topological polar surface area (TPSA) is 66.9 Å². The Morgan fingerprint density at radius 3 is 2.58 bits per heavy atom. The molecule has 0 saturated carbocycles. The Morgan fingerprint density at radius 1 is 1.17 bits per heavy atom. The third-order valence-electron chi connectivity index (χ3n) is 3.70. The molecule has 3 rings (SSSR count). The van der Waals surface area contributed by atoms with E-state index in [1.54, 1.807) is 28.8 Å². The Bertz CT molecular complexity index is 914. The van der Waals surface area contributed by atoms with Crippen LogP contribution in [-0.2, 0) is 6.54 Å². The van der Waals surface area contributed by atoms with Crippen molar-refractivity contribution in [2.45, 2.75) is 19.9 Å². The van der Waals surface area contributed by atoms with Crippen molar-refractivity contribution in [3.8, 4) is 5.88 Å². The highest BCUT2D eigenvalue weighted by atomic mass is 79.9. The van der Waals surface area contributed by atoms with Crippen molar-refractivity contribution in [1.29, 1.82) is 0 Å². The fourth-order valence-corrected chi connectivity index (χ4v) is 2.83. The molecule has 3 aromatic rings. The second kappa shape index (κ2) is 6.97. The van der Waals surface area contributed by atoms with Gasteiger partial charge in [0.05, 0.1) is 5.52 Å². The number of hydrogen-bond acceptors (Lipinski definition) is 3. The van der Waals surface area contributed by atoms with Crippen LogP contribution in [-0.4, -0.2) is 15.6 Å². The van der Waals surface area contributed by atoms with Crippen LogP contribution < -0.4 is 0 Å². The smallest absolute Gasteiger partial charge is 0.295 e. The molecule has 24 heavy (non-hydrogen) atoms. The van der Waals surface area contributed by atoms with Crippen LogP contribution in [0.25, 0.3) is 10.9 Å². The minimum atomic E-state index is -0.450. The molecule has 0 aliphatic rings. The van der Waals surface area contributed by atoms with Gasteiger partial charge in [-0.25, -0.2) is 0 Å². The third-order valence-corrected chi connectivity index (χ3v) is 4.23. The van der Waals surface area contributed by atoms with E-state index in [-0.39, 0.29) is 5.88 Å². The quantitative estimate of drug-likeness (QED) is 0.607. The van der Waals surface area contributed by atoms with Gasteiger partial charge in [-0.1, -0.05) is 41.1 Å². The molecule has 0 atom stereocenters. The average molecular weight is 386 g/mol. The van der Waals surface area contributed by atoms with E-state index in [1.165, 1.54) is 0 Å². The highest BCUT2D eigenvalue weighted by molar-refractivity contribution is 9.10. The van der Waals surface area contributed by atoms with Gasteiger partial charge in [0.2, 0.25) is 5.88 Å². The lowest BCUT2D eigenvalue weighted by atomic mass is 10.2. The number of benzene rings is 2. The van der Waals surface area contributed by atoms with Crippen LogP contribution in [0.1, 0.15) is 23.7 Å². The maximum absolute atomic E-state index is 12.1. The van der Waals surface area contributed by atoms with Crippen molar-refractivity contribution >= 4 is 38.4 Å². The highest BCUT2D eigenvalue weighted by Gasteiger charge is 2.16. The van der Waals surface area contributed by atoms with Crippen LogP contribution in [0.5, 0.6) is 5.88 Å². The highest BCUT2D eigenvalue weighted by Crippen LogP contribution is 2.38. The van der Waals surface area contributed by atoms with E-state index in [1.807, 2.05) is 31.2 Å². The van der Waals surface area contributed by atoms with E-state index >= 15 is 0 Å². The molecule has 2 aromatic carbocycles. The number of hydrogen-bond donors (Lipinski definition) is 1. The number of carbonyl (C=O) groups excluding carboxylic acids is 1. The summed E-state index contributed by atoms with van der Waals surface area (Å²) in [7, 11) is 0. The first-order chi connectivity index (χ1) is 11.6. The van der Waals surface area contributed by atoms with Crippen molar-refractivity contribution in [3.05, 3.63) is 58.6 Å². The molecule has 0 aliphatic heterocycles. The number of aromatic nitrogens is 1. The lowest BCUT2D eigenvalue weighted by molar-refractivity contribution is 0.0995. The maximum Gasteiger partial charge on any atom is 0.295 e. The van der Waals surface area contributed by atoms with Crippen molar-refractivity contribution in [1.82, 2.24) is 4.57 Å². The van der Waals surface area contributed by atoms with Crippen molar-refractivity contribution < 1.29 is 9.90 Å². The number of para-hydroxylation sites is 1. The van der Waals surface area contributed by atoms with Crippen LogP contribution in [0, 0.1) is 0 Å². The second-order valence-electron chi connectivity index (χ2n) is 5.35. The van der Waals surface area contributed by atoms with Crippen LogP contribution in [0.4, 0.5) is 5.69 Å². The zero-order valence-corrected chi connectivity index (χ0v) is 14.7. The van der Waals surface area contributed by atoms with E-state index in [0.29, 0.717) is 17.8 Å². The van der Waals surface area contributed by atoms with Gasteiger partial charge in [0.1, 0.15) is 0 Å². The van der Waals surface area contributed by atoms with Crippen molar-refractivity contribution in [3.63, 3.8) is 0 Å². The van der Waals surface area contributed by atoms with E-state index < -0.39 is 5.91 Å². The molecule has 0 bridgehead atoms. The summed E-state index contributed by atoms with van der Waals surface area (Å²) in [6.45, 7) is 2.70. The maximum atomic E-state index is 12.1. The summed E-state index contributed by atoms with van der Waals surface area (Å²) in [5, 5.41) is 19.0. The van der Waals surface area contributed by atoms with Gasteiger partial charge in [0, 0.05) is 22.0 Å². The minimum absolute atomic E-state index is 0.0328. The second-order valence-corrected chi connectivity index (χ2v) is 6.27. The summed E-state index contributed by atoms with van der Waals surface area (Å²) >= 11 is 3.32. The Hall–Kier alpha value is -2.47. The number of azo groups is 1. The van der Waals surface area contributed by atoms with Gasteiger partial charge in [0.25, 0.3) is 5.91 Å². The molecule has 0 spiro atoms. The van der Waals surface area contributed by atoms with Crippen molar-refractivity contribution in [2.75, 3.05) is 0 Å². The number of halogens is 1. The van der Waals surface area contributed by atoms with Gasteiger partial charge in [-0.2, -0.15) is 0 Å². The zero-order chi connectivity index (χ0) is 17.1. The molecular weight excluding hydrogens is 370 g/mol. The molecule has 1 amide bonds. The molecule has 6 heteroatoms. The largest absolute Gasteiger partial charge is 0.493 e. The van der Waals surface area contributed by atoms with Crippen molar-refractivity contribution in [2.24, 2.45) is 10.2 Å². The Kier molecular flexibility index (Phi) is 4.76. The molecule has 0 aliphatic carbocycles. The van der Waals surface area contributed by atoms with Gasteiger partial charge in [0.15, 0.2) is 5.69 Å². The SMILES string of the molecule is CCCn1c(O)c(N=NC(=O)c2ccc(Br)cc2)c2ccccc21. The van der Waals surface area contributed by atoms with Crippen LogP contribution in [0.2, 0.25) is 0 Å². The summed E-state index contributed by atoms with van der Waals surface area (Å²) < 4.78 is 2.67. The number of nitrogens with zero attached hydrogens (tertiary/aromatic N) is 3. The van der Waals surface area contributed by atoms with Gasteiger partial charge in [-0.05, 0) is 36.8 Å². The first-order valence-electron chi connectivity index (χ1n) is 7.63. The minimum Gasteiger partial charge on any atom is -0.493 e. The predicted molar refractivity (Wildman–Crippen MR) is 96.9 cm³/mol. The van der Waals surface area contributed by atoms with Crippen LogP contribution >= 0.6 is 15.9 Å². The fraction of sp³-hybridized carbons (Fsp3) is 0.167.